The van der Waals surface area contributed by atoms with Crippen LogP contribution in [0.25, 0.3) is 0 Å². The van der Waals surface area contributed by atoms with E-state index < -0.39 is 6.36 Å². The second-order valence-corrected chi connectivity index (χ2v) is 6.31. The summed E-state index contributed by atoms with van der Waals surface area (Å²) in [5, 5.41) is 5.83. The number of carbonyl (C=O) groups is 1. The molecule has 0 bridgehead atoms. The van der Waals surface area contributed by atoms with Gasteiger partial charge in [-0.2, -0.15) is 0 Å². The molecule has 148 valence electrons. The minimum Gasteiger partial charge on any atom is -0.406 e. The van der Waals surface area contributed by atoms with E-state index in [9.17, 15) is 18.0 Å². The Morgan fingerprint density at radius 3 is 2.64 bits per heavy atom. The number of rotatable bonds is 5. The van der Waals surface area contributed by atoms with Crippen molar-refractivity contribution in [2.45, 2.75) is 25.2 Å². The zero-order chi connectivity index (χ0) is 20.1. The van der Waals surface area contributed by atoms with E-state index in [-0.39, 0.29) is 30.1 Å². The van der Waals surface area contributed by atoms with Crippen LogP contribution in [0.3, 0.4) is 0 Å². The molecule has 2 aromatic rings. The van der Waals surface area contributed by atoms with Gasteiger partial charge in [0.25, 0.3) is 0 Å². The predicted molar refractivity (Wildman–Crippen MR) is 98.9 cm³/mol. The first-order valence-corrected chi connectivity index (χ1v) is 8.57. The first-order chi connectivity index (χ1) is 13.3. The van der Waals surface area contributed by atoms with Crippen LogP contribution in [0.4, 0.5) is 18.9 Å². The van der Waals surface area contributed by atoms with E-state index in [1.807, 2.05) is 24.3 Å². The summed E-state index contributed by atoms with van der Waals surface area (Å²) in [6.07, 6.45) is -4.37. The molecule has 0 aliphatic carbocycles. The number of nitrogens with one attached hydrogen (secondary N) is 2. The van der Waals surface area contributed by atoms with Gasteiger partial charge in [0.15, 0.2) is 5.96 Å². The van der Waals surface area contributed by atoms with Crippen molar-refractivity contribution in [3.63, 3.8) is 0 Å². The molecule has 1 heterocycles. The molecule has 1 aliphatic heterocycles. The third kappa shape index (κ3) is 5.38. The summed E-state index contributed by atoms with van der Waals surface area (Å²) < 4.78 is 40.3. The van der Waals surface area contributed by atoms with Gasteiger partial charge in [-0.3, -0.25) is 4.79 Å². The summed E-state index contributed by atoms with van der Waals surface area (Å²) in [5.41, 5.74) is 8.38. The van der Waals surface area contributed by atoms with Crippen LogP contribution in [0.2, 0.25) is 0 Å². The second-order valence-electron chi connectivity index (χ2n) is 6.31. The van der Waals surface area contributed by atoms with Crippen LogP contribution in [-0.2, 0) is 11.3 Å². The number of amides is 1. The summed E-state index contributed by atoms with van der Waals surface area (Å²) >= 11 is 0. The third-order valence-electron chi connectivity index (χ3n) is 4.22. The summed E-state index contributed by atoms with van der Waals surface area (Å²) in [5.74, 6) is -0.181. The molecule has 1 unspecified atom stereocenters. The fraction of sp³-hybridized carbons (Fsp3) is 0.263. The molecular weight excluding hydrogens is 373 g/mol. The van der Waals surface area contributed by atoms with Crippen molar-refractivity contribution in [1.82, 2.24) is 5.32 Å². The van der Waals surface area contributed by atoms with Crippen LogP contribution in [0.1, 0.15) is 23.5 Å². The van der Waals surface area contributed by atoms with E-state index in [0.717, 1.165) is 11.3 Å². The average molecular weight is 392 g/mol. The highest BCUT2D eigenvalue weighted by molar-refractivity contribution is 5.94. The van der Waals surface area contributed by atoms with Gasteiger partial charge >= 0.3 is 6.36 Å². The standard InChI is InChI=1S/C19H19F3N4O2/c20-19(21,22)28-14-7-5-12(6-8-14)10-24-18(23)25-11-13-9-17(27)26-16-4-2-1-3-15(13)16/h1-8,13H,9-11H2,(H,26,27)(H3,23,24,25). The number of fused-ring (bicyclic) bond motifs is 1. The monoisotopic (exact) mass is 392 g/mol. The van der Waals surface area contributed by atoms with Crippen LogP contribution in [0.5, 0.6) is 5.75 Å². The number of alkyl halides is 3. The SMILES string of the molecule is NC(=NCc1ccc(OC(F)(F)F)cc1)NCC1CC(=O)Nc2ccccc21. The van der Waals surface area contributed by atoms with Crippen LogP contribution in [-0.4, -0.2) is 24.8 Å². The molecule has 28 heavy (non-hydrogen) atoms. The fourth-order valence-corrected chi connectivity index (χ4v) is 2.94. The molecule has 0 radical (unpaired) electrons. The Morgan fingerprint density at radius 1 is 1.21 bits per heavy atom. The second kappa shape index (κ2) is 8.20. The molecule has 1 amide bonds. The molecule has 0 aromatic heterocycles. The highest BCUT2D eigenvalue weighted by Gasteiger charge is 2.31. The Balaban J connectivity index is 1.55. The van der Waals surface area contributed by atoms with Crippen molar-refractivity contribution in [2.75, 3.05) is 11.9 Å². The molecule has 1 aliphatic rings. The fourth-order valence-electron chi connectivity index (χ4n) is 2.94. The van der Waals surface area contributed by atoms with E-state index in [1.165, 1.54) is 24.3 Å². The minimum atomic E-state index is -4.72. The van der Waals surface area contributed by atoms with Gasteiger partial charge in [-0.15, -0.1) is 13.2 Å². The number of nitrogens with two attached hydrogens (primary N) is 1. The van der Waals surface area contributed by atoms with E-state index in [2.05, 4.69) is 20.4 Å². The molecule has 0 saturated carbocycles. The van der Waals surface area contributed by atoms with E-state index in [0.29, 0.717) is 18.5 Å². The zero-order valence-corrected chi connectivity index (χ0v) is 14.8. The van der Waals surface area contributed by atoms with E-state index in [4.69, 9.17) is 5.73 Å². The number of aliphatic imine (C=N–C) groups is 1. The number of nitrogens with zero attached hydrogens (tertiary/aromatic N) is 1. The number of benzene rings is 2. The summed E-state index contributed by atoms with van der Waals surface area (Å²) in [4.78, 5) is 16.0. The Kier molecular flexibility index (Phi) is 5.72. The molecule has 9 heteroatoms. The lowest BCUT2D eigenvalue weighted by Gasteiger charge is -2.25. The van der Waals surface area contributed by atoms with Crippen molar-refractivity contribution in [3.05, 3.63) is 59.7 Å². The Labute approximate surface area is 159 Å². The Hall–Kier alpha value is -3.23. The quantitative estimate of drug-likeness (QED) is 0.539. The zero-order valence-electron chi connectivity index (χ0n) is 14.8. The lowest BCUT2D eigenvalue weighted by atomic mass is 9.90. The van der Waals surface area contributed by atoms with Crippen molar-refractivity contribution in [2.24, 2.45) is 10.7 Å². The molecule has 0 saturated heterocycles. The van der Waals surface area contributed by atoms with Gasteiger partial charge in [0, 0.05) is 24.6 Å². The number of carbonyl (C=O) groups excluding carboxylic acids is 1. The normalized spacial score (nSPS) is 16.9. The van der Waals surface area contributed by atoms with Crippen molar-refractivity contribution < 1.29 is 22.7 Å². The van der Waals surface area contributed by atoms with Crippen LogP contribution < -0.4 is 21.1 Å². The summed E-state index contributed by atoms with van der Waals surface area (Å²) in [7, 11) is 0. The molecule has 4 N–H and O–H groups in total. The number of hydrogen-bond acceptors (Lipinski definition) is 3. The maximum atomic E-state index is 12.2. The summed E-state index contributed by atoms with van der Waals surface area (Å²) in [6.45, 7) is 0.644. The smallest absolute Gasteiger partial charge is 0.406 e. The van der Waals surface area contributed by atoms with Crippen molar-refractivity contribution in [1.29, 1.82) is 0 Å². The molecule has 2 aromatic carbocycles. The number of anilines is 1. The third-order valence-corrected chi connectivity index (χ3v) is 4.22. The van der Waals surface area contributed by atoms with E-state index in [1.54, 1.807) is 0 Å². The molecular formula is C19H19F3N4O2. The van der Waals surface area contributed by atoms with Gasteiger partial charge in [0.2, 0.25) is 5.91 Å². The van der Waals surface area contributed by atoms with Gasteiger partial charge in [-0.25, -0.2) is 4.99 Å². The number of para-hydroxylation sites is 1. The maximum absolute atomic E-state index is 12.2. The number of guanidine groups is 1. The average Bonchev–Trinajstić information content (AvgIpc) is 2.64. The number of ether oxygens (including phenoxy) is 1. The largest absolute Gasteiger partial charge is 0.573 e. The number of hydrogen-bond donors (Lipinski definition) is 3. The Morgan fingerprint density at radius 2 is 1.93 bits per heavy atom. The topological polar surface area (TPSA) is 88.7 Å². The van der Waals surface area contributed by atoms with Crippen molar-refractivity contribution >= 4 is 17.6 Å². The molecule has 0 fully saturated rings. The molecule has 6 nitrogen and oxygen atoms in total. The minimum absolute atomic E-state index is 0.0301. The van der Waals surface area contributed by atoms with Crippen LogP contribution in [0.15, 0.2) is 53.5 Å². The van der Waals surface area contributed by atoms with E-state index >= 15 is 0 Å². The molecule has 3 rings (SSSR count). The first-order valence-electron chi connectivity index (χ1n) is 8.57. The molecule has 0 spiro atoms. The van der Waals surface area contributed by atoms with Gasteiger partial charge < -0.3 is 21.1 Å². The predicted octanol–water partition coefficient (Wildman–Crippen LogP) is 3.12. The lowest BCUT2D eigenvalue weighted by molar-refractivity contribution is -0.274. The van der Waals surface area contributed by atoms with Gasteiger partial charge in [-0.05, 0) is 29.3 Å². The van der Waals surface area contributed by atoms with Gasteiger partial charge in [0.1, 0.15) is 5.75 Å². The van der Waals surface area contributed by atoms with Crippen molar-refractivity contribution in [3.8, 4) is 5.75 Å². The Bertz CT molecular complexity index is 866. The highest BCUT2D eigenvalue weighted by Crippen LogP contribution is 2.31. The highest BCUT2D eigenvalue weighted by atomic mass is 19.4. The maximum Gasteiger partial charge on any atom is 0.573 e. The lowest BCUT2D eigenvalue weighted by Crippen LogP contribution is -2.37. The van der Waals surface area contributed by atoms with Gasteiger partial charge in [-0.1, -0.05) is 30.3 Å². The first kappa shape index (κ1) is 19.5. The van der Waals surface area contributed by atoms with Crippen LogP contribution >= 0.6 is 0 Å². The molecule has 1 atom stereocenters. The summed E-state index contributed by atoms with van der Waals surface area (Å²) in [6, 6.07) is 13.0. The van der Waals surface area contributed by atoms with Gasteiger partial charge in [0.05, 0.1) is 6.54 Å². The number of halogens is 3. The van der Waals surface area contributed by atoms with Crippen LogP contribution in [0, 0.1) is 0 Å².